The van der Waals surface area contributed by atoms with Crippen LogP contribution in [0.5, 0.6) is 5.75 Å². The highest BCUT2D eigenvalue weighted by molar-refractivity contribution is 6.30. The molecule has 1 aliphatic heterocycles. The minimum atomic E-state index is -0.364. The average molecular weight is 503 g/mol. The third-order valence-corrected chi connectivity index (χ3v) is 6.37. The molecule has 3 aromatic carbocycles. The van der Waals surface area contributed by atoms with Gasteiger partial charge in [-0.2, -0.15) is 0 Å². The van der Waals surface area contributed by atoms with Gasteiger partial charge in [-0.25, -0.2) is 0 Å². The van der Waals surface area contributed by atoms with Crippen LogP contribution in [0.25, 0.3) is 6.08 Å². The van der Waals surface area contributed by atoms with E-state index in [4.69, 9.17) is 16.3 Å². The molecule has 0 aromatic heterocycles. The highest BCUT2D eigenvalue weighted by Gasteiger charge is 2.33. The van der Waals surface area contributed by atoms with Crippen LogP contribution in [0.4, 0.5) is 5.69 Å². The summed E-state index contributed by atoms with van der Waals surface area (Å²) in [6.45, 7) is 8.75. The fourth-order valence-corrected chi connectivity index (χ4v) is 4.07. The van der Waals surface area contributed by atoms with E-state index in [0.717, 1.165) is 23.1 Å². The Morgan fingerprint density at radius 2 is 1.72 bits per heavy atom. The van der Waals surface area contributed by atoms with Gasteiger partial charge in [0.25, 0.3) is 5.91 Å². The van der Waals surface area contributed by atoms with Crippen LogP contribution in [0.1, 0.15) is 43.0 Å². The molecule has 36 heavy (non-hydrogen) atoms. The van der Waals surface area contributed by atoms with Crippen molar-refractivity contribution in [1.82, 2.24) is 5.32 Å². The normalized spacial score (nSPS) is 14.4. The Morgan fingerprint density at radius 3 is 2.39 bits per heavy atom. The van der Waals surface area contributed by atoms with Gasteiger partial charge in [-0.1, -0.05) is 80.4 Å². The second-order valence-electron chi connectivity index (χ2n) is 10.1. The molecule has 0 bridgehead atoms. The minimum absolute atomic E-state index is 0.103. The van der Waals surface area contributed by atoms with Crippen molar-refractivity contribution >= 4 is 35.2 Å². The number of rotatable bonds is 6. The number of nitrogens with zero attached hydrogens (tertiary/aromatic N) is 1. The van der Waals surface area contributed by atoms with Gasteiger partial charge in [-0.15, -0.1) is 0 Å². The van der Waals surface area contributed by atoms with E-state index in [-0.39, 0.29) is 29.5 Å². The lowest BCUT2D eigenvalue weighted by atomic mass is 9.86. The molecule has 1 heterocycles. The number of hydrogen-bond acceptors (Lipinski definition) is 3. The quantitative estimate of drug-likeness (QED) is 0.416. The third-order valence-electron chi connectivity index (χ3n) is 6.12. The highest BCUT2D eigenvalue weighted by Crippen LogP contribution is 2.39. The smallest absolute Gasteiger partial charge is 0.294 e. The number of nitrogens with one attached hydrogen (secondary N) is 1. The van der Waals surface area contributed by atoms with Gasteiger partial charge in [0.05, 0.1) is 5.69 Å². The average Bonchev–Trinajstić information content (AvgIpc) is 2.83. The van der Waals surface area contributed by atoms with E-state index >= 15 is 0 Å². The molecule has 186 valence electrons. The van der Waals surface area contributed by atoms with Gasteiger partial charge in [0.15, 0.2) is 11.5 Å². The largest absolute Gasteiger partial charge is 0.449 e. The van der Waals surface area contributed by atoms with Crippen molar-refractivity contribution in [3.63, 3.8) is 0 Å². The fourth-order valence-electron chi connectivity index (χ4n) is 3.94. The minimum Gasteiger partial charge on any atom is -0.449 e. The Hall–Kier alpha value is -3.57. The molecule has 0 unspecified atom stereocenters. The second kappa shape index (κ2) is 10.6. The number of fused-ring (bicyclic) bond motifs is 1. The van der Waals surface area contributed by atoms with E-state index < -0.39 is 0 Å². The van der Waals surface area contributed by atoms with Crippen LogP contribution in [0.3, 0.4) is 0 Å². The lowest BCUT2D eigenvalue weighted by Gasteiger charge is -2.32. The molecule has 0 aliphatic carbocycles. The Morgan fingerprint density at radius 1 is 1.03 bits per heavy atom. The van der Waals surface area contributed by atoms with Crippen LogP contribution in [-0.2, 0) is 21.4 Å². The lowest BCUT2D eigenvalue weighted by molar-refractivity contribution is -0.123. The third kappa shape index (κ3) is 6.16. The number of ether oxygens (including phenoxy) is 1. The van der Waals surface area contributed by atoms with Crippen molar-refractivity contribution in [2.75, 3.05) is 18.0 Å². The Balaban J connectivity index is 1.57. The van der Waals surface area contributed by atoms with Crippen molar-refractivity contribution in [2.45, 2.75) is 39.5 Å². The maximum absolute atomic E-state index is 13.5. The molecule has 0 saturated carbocycles. The van der Waals surface area contributed by atoms with Crippen LogP contribution in [0.15, 0.2) is 72.5 Å². The standard InChI is InChI=1S/C30H31ClN2O3/c1-20-5-7-21(8-6-20)15-16-32-28(34)19-33-25-18-23(30(2,3)4)11-14-26(25)36-27(29(33)35)17-22-9-12-24(31)13-10-22/h5-14,17-18H,15-16,19H2,1-4H3,(H,32,34)/b27-17+. The molecule has 1 aliphatic rings. The van der Waals surface area contributed by atoms with E-state index in [1.165, 1.54) is 10.5 Å². The molecular weight excluding hydrogens is 472 g/mol. The van der Waals surface area contributed by atoms with Crippen LogP contribution in [-0.4, -0.2) is 24.9 Å². The van der Waals surface area contributed by atoms with E-state index in [0.29, 0.717) is 23.0 Å². The maximum Gasteiger partial charge on any atom is 0.294 e. The van der Waals surface area contributed by atoms with Crippen molar-refractivity contribution < 1.29 is 14.3 Å². The van der Waals surface area contributed by atoms with Gasteiger partial charge < -0.3 is 10.1 Å². The molecule has 1 N–H and O–H groups in total. The predicted octanol–water partition coefficient (Wildman–Crippen LogP) is 6.07. The molecule has 4 rings (SSSR count). The summed E-state index contributed by atoms with van der Waals surface area (Å²) < 4.78 is 6.01. The summed E-state index contributed by atoms with van der Waals surface area (Å²) in [6.07, 6.45) is 2.39. The summed E-state index contributed by atoms with van der Waals surface area (Å²) in [6, 6.07) is 21.2. The van der Waals surface area contributed by atoms with Crippen molar-refractivity contribution in [2.24, 2.45) is 0 Å². The Kier molecular flexibility index (Phi) is 7.51. The lowest BCUT2D eigenvalue weighted by Crippen LogP contribution is -2.44. The first-order chi connectivity index (χ1) is 17.1. The zero-order valence-electron chi connectivity index (χ0n) is 21.1. The molecule has 2 amide bonds. The number of anilines is 1. The number of halogens is 1. The molecule has 5 nitrogen and oxygen atoms in total. The van der Waals surface area contributed by atoms with Crippen molar-refractivity contribution in [3.8, 4) is 5.75 Å². The van der Waals surface area contributed by atoms with Crippen molar-refractivity contribution in [1.29, 1.82) is 0 Å². The van der Waals surface area contributed by atoms with Crippen LogP contribution in [0, 0.1) is 6.92 Å². The molecule has 0 saturated heterocycles. The van der Waals surface area contributed by atoms with Crippen LogP contribution in [0.2, 0.25) is 5.02 Å². The first kappa shape index (κ1) is 25.5. The van der Waals surface area contributed by atoms with Crippen LogP contribution < -0.4 is 15.0 Å². The van der Waals surface area contributed by atoms with Crippen LogP contribution >= 0.6 is 11.6 Å². The molecule has 0 fully saturated rings. The van der Waals surface area contributed by atoms with E-state index in [1.807, 2.05) is 37.3 Å². The number of carbonyl (C=O) groups excluding carboxylic acids is 2. The summed E-state index contributed by atoms with van der Waals surface area (Å²) in [5, 5.41) is 3.56. The number of hydrogen-bond donors (Lipinski definition) is 1. The molecule has 3 aromatic rings. The van der Waals surface area contributed by atoms with Gasteiger partial charge >= 0.3 is 0 Å². The zero-order chi connectivity index (χ0) is 25.9. The number of aryl methyl sites for hydroxylation is 1. The van der Waals surface area contributed by atoms with Gasteiger partial charge in [0.2, 0.25) is 5.91 Å². The van der Waals surface area contributed by atoms with E-state index in [1.54, 1.807) is 18.2 Å². The Labute approximate surface area is 217 Å². The van der Waals surface area contributed by atoms with Gasteiger partial charge in [0.1, 0.15) is 6.54 Å². The van der Waals surface area contributed by atoms with Gasteiger partial charge in [0, 0.05) is 11.6 Å². The van der Waals surface area contributed by atoms with Gasteiger partial charge in [-0.3, -0.25) is 14.5 Å². The first-order valence-corrected chi connectivity index (χ1v) is 12.4. The van der Waals surface area contributed by atoms with E-state index in [2.05, 4.69) is 50.4 Å². The molecule has 0 radical (unpaired) electrons. The second-order valence-corrected chi connectivity index (χ2v) is 10.5. The number of carbonyl (C=O) groups is 2. The topological polar surface area (TPSA) is 58.6 Å². The Bertz CT molecular complexity index is 1290. The molecule has 6 heteroatoms. The van der Waals surface area contributed by atoms with Gasteiger partial charge in [-0.05, 0) is 65.8 Å². The number of amides is 2. The maximum atomic E-state index is 13.5. The molecular formula is C30H31ClN2O3. The fraction of sp³-hybridized carbons (Fsp3) is 0.267. The SMILES string of the molecule is Cc1ccc(CCNC(=O)CN2C(=O)/C(=C\c3ccc(Cl)cc3)Oc3ccc(C(C)(C)C)cc32)cc1. The summed E-state index contributed by atoms with van der Waals surface area (Å²) in [5.41, 5.74) is 4.64. The number of benzene rings is 3. The summed E-state index contributed by atoms with van der Waals surface area (Å²) in [4.78, 5) is 27.9. The van der Waals surface area contributed by atoms with E-state index in [9.17, 15) is 9.59 Å². The first-order valence-electron chi connectivity index (χ1n) is 12.0. The molecule has 0 spiro atoms. The zero-order valence-corrected chi connectivity index (χ0v) is 21.9. The summed E-state index contributed by atoms with van der Waals surface area (Å²) in [7, 11) is 0. The van der Waals surface area contributed by atoms with Crippen molar-refractivity contribution in [3.05, 3.63) is 99.8 Å². The summed E-state index contributed by atoms with van der Waals surface area (Å²) in [5.74, 6) is 0.101. The highest BCUT2D eigenvalue weighted by atomic mass is 35.5. The predicted molar refractivity (Wildman–Crippen MR) is 145 cm³/mol. The monoisotopic (exact) mass is 502 g/mol. The molecule has 0 atom stereocenters. The summed E-state index contributed by atoms with van der Waals surface area (Å²) >= 11 is 6.00.